The molecule has 0 aliphatic carbocycles. The Morgan fingerprint density at radius 3 is 2.90 bits per heavy atom. The fourth-order valence-corrected chi connectivity index (χ4v) is 2.52. The maximum atomic E-state index is 14.2. The molecule has 3 rings (SSSR count). The molecule has 0 saturated carbocycles. The first-order chi connectivity index (χ1) is 9.59. The molecule has 0 bridgehead atoms. The highest BCUT2D eigenvalue weighted by atomic mass is 79.9. The van der Waals surface area contributed by atoms with Gasteiger partial charge in [0.2, 0.25) is 0 Å². The van der Waals surface area contributed by atoms with Gasteiger partial charge >= 0.3 is 0 Å². The Kier molecular flexibility index (Phi) is 3.45. The van der Waals surface area contributed by atoms with Gasteiger partial charge in [0.1, 0.15) is 5.82 Å². The Morgan fingerprint density at radius 2 is 2.10 bits per heavy atom. The first-order valence-electron chi connectivity index (χ1n) is 5.76. The summed E-state index contributed by atoms with van der Waals surface area (Å²) in [6.45, 7) is 0. The summed E-state index contributed by atoms with van der Waals surface area (Å²) in [4.78, 5) is 4.03. The van der Waals surface area contributed by atoms with Gasteiger partial charge in [-0.1, -0.05) is 17.7 Å². The highest BCUT2D eigenvalue weighted by molar-refractivity contribution is 9.10. The summed E-state index contributed by atoms with van der Waals surface area (Å²) in [6, 6.07) is 2.61. The molecule has 1 atom stereocenters. The summed E-state index contributed by atoms with van der Waals surface area (Å²) in [6.07, 6.45) is 6.57. The minimum atomic E-state index is -0.665. The number of rotatable bonds is 2. The first kappa shape index (κ1) is 13.5. The predicted octanol–water partition coefficient (Wildman–Crippen LogP) is 3.33. The van der Waals surface area contributed by atoms with Gasteiger partial charge < -0.3 is 5.73 Å². The van der Waals surface area contributed by atoms with Crippen LogP contribution in [0.2, 0.25) is 5.02 Å². The predicted molar refractivity (Wildman–Crippen MR) is 78.1 cm³/mol. The van der Waals surface area contributed by atoms with Gasteiger partial charge in [0, 0.05) is 28.0 Å². The van der Waals surface area contributed by atoms with Gasteiger partial charge in [0.05, 0.1) is 29.0 Å². The molecule has 2 aromatic heterocycles. The second-order valence-electron chi connectivity index (χ2n) is 4.25. The fraction of sp³-hybridized carbons (Fsp3) is 0.0769. The second kappa shape index (κ2) is 5.12. The molecule has 102 valence electrons. The molecule has 1 aromatic carbocycles. The molecule has 0 amide bonds. The largest absolute Gasteiger partial charge is 0.320 e. The van der Waals surface area contributed by atoms with Crippen LogP contribution in [0.1, 0.15) is 17.2 Å². The lowest BCUT2D eigenvalue weighted by Gasteiger charge is -2.13. The van der Waals surface area contributed by atoms with Gasteiger partial charge in [-0.25, -0.2) is 8.91 Å². The van der Waals surface area contributed by atoms with Crippen molar-refractivity contribution in [3.8, 4) is 0 Å². The van der Waals surface area contributed by atoms with Crippen molar-refractivity contribution in [1.82, 2.24) is 14.6 Å². The van der Waals surface area contributed by atoms with Crippen molar-refractivity contribution in [2.45, 2.75) is 6.04 Å². The summed E-state index contributed by atoms with van der Waals surface area (Å²) in [7, 11) is 0. The van der Waals surface area contributed by atoms with E-state index in [0.29, 0.717) is 15.6 Å². The lowest BCUT2D eigenvalue weighted by atomic mass is 10.0. The normalized spacial score (nSPS) is 12.8. The molecule has 0 saturated heterocycles. The van der Waals surface area contributed by atoms with Crippen LogP contribution >= 0.6 is 27.5 Å². The Labute approximate surface area is 127 Å². The van der Waals surface area contributed by atoms with Gasteiger partial charge in [0.15, 0.2) is 0 Å². The quantitative estimate of drug-likeness (QED) is 0.717. The van der Waals surface area contributed by atoms with Crippen LogP contribution < -0.4 is 5.73 Å². The molecular formula is C13H9BrClFN4. The van der Waals surface area contributed by atoms with Gasteiger partial charge in [-0.05, 0) is 22.0 Å². The van der Waals surface area contributed by atoms with E-state index in [0.717, 1.165) is 5.52 Å². The van der Waals surface area contributed by atoms with E-state index in [4.69, 9.17) is 17.3 Å². The Morgan fingerprint density at radius 1 is 1.30 bits per heavy atom. The van der Waals surface area contributed by atoms with Crippen LogP contribution in [0.15, 0.2) is 41.4 Å². The number of hydrogen-bond acceptors (Lipinski definition) is 3. The van der Waals surface area contributed by atoms with Gasteiger partial charge in [-0.15, -0.1) is 0 Å². The zero-order valence-electron chi connectivity index (χ0n) is 10.1. The lowest BCUT2D eigenvalue weighted by Crippen LogP contribution is -2.13. The Bertz CT molecular complexity index is 789. The zero-order valence-corrected chi connectivity index (χ0v) is 12.4. The van der Waals surface area contributed by atoms with Crippen molar-refractivity contribution in [3.05, 3.63) is 63.4 Å². The van der Waals surface area contributed by atoms with E-state index < -0.39 is 11.9 Å². The molecule has 0 spiro atoms. The van der Waals surface area contributed by atoms with E-state index in [1.807, 2.05) is 0 Å². The number of halogens is 3. The van der Waals surface area contributed by atoms with Gasteiger partial charge in [-0.3, -0.25) is 4.98 Å². The van der Waals surface area contributed by atoms with Crippen molar-refractivity contribution in [2.75, 3.05) is 0 Å². The van der Waals surface area contributed by atoms with E-state index in [1.54, 1.807) is 41.4 Å². The molecule has 0 radical (unpaired) electrons. The molecule has 0 fully saturated rings. The molecule has 7 heteroatoms. The van der Waals surface area contributed by atoms with Crippen molar-refractivity contribution >= 4 is 33.0 Å². The number of aromatic nitrogens is 3. The molecule has 0 aliphatic heterocycles. The number of hydrogen-bond donors (Lipinski definition) is 1. The summed E-state index contributed by atoms with van der Waals surface area (Å²) in [5.74, 6) is -0.531. The molecular weight excluding hydrogens is 347 g/mol. The number of fused-ring (bicyclic) bond motifs is 1. The van der Waals surface area contributed by atoms with E-state index in [9.17, 15) is 4.39 Å². The van der Waals surface area contributed by atoms with Crippen LogP contribution in [0.3, 0.4) is 0 Å². The summed E-state index contributed by atoms with van der Waals surface area (Å²) in [5.41, 5.74) is 7.89. The fourth-order valence-electron chi connectivity index (χ4n) is 2.04. The third-order valence-electron chi connectivity index (χ3n) is 3.09. The summed E-state index contributed by atoms with van der Waals surface area (Å²) < 4.78 is 16.4. The number of nitrogens with zero attached hydrogens (tertiary/aromatic N) is 3. The zero-order chi connectivity index (χ0) is 14.3. The topological polar surface area (TPSA) is 56.2 Å². The van der Waals surface area contributed by atoms with Gasteiger partial charge in [0.25, 0.3) is 0 Å². The number of benzene rings is 1. The van der Waals surface area contributed by atoms with Crippen LogP contribution in [-0.2, 0) is 0 Å². The maximum Gasteiger partial charge on any atom is 0.148 e. The standard InChI is InChI=1S/C13H9BrClFN4/c14-9-2-1-7(12(16)11(9)15)13(17)8-5-19-20-4-3-18-6-10(8)20/h1-6,13H,17H2. The third-order valence-corrected chi connectivity index (χ3v) is 4.35. The van der Waals surface area contributed by atoms with Gasteiger partial charge in [-0.2, -0.15) is 5.10 Å². The molecule has 2 heterocycles. The van der Waals surface area contributed by atoms with Crippen molar-refractivity contribution in [3.63, 3.8) is 0 Å². The Balaban J connectivity index is 2.13. The number of nitrogens with two attached hydrogens (primary N) is 1. The average Bonchev–Trinajstić information content (AvgIpc) is 2.88. The van der Waals surface area contributed by atoms with E-state index in [2.05, 4.69) is 26.0 Å². The monoisotopic (exact) mass is 354 g/mol. The van der Waals surface area contributed by atoms with E-state index >= 15 is 0 Å². The summed E-state index contributed by atoms with van der Waals surface area (Å²) in [5, 5.41) is 4.19. The van der Waals surface area contributed by atoms with Crippen LogP contribution in [-0.4, -0.2) is 14.6 Å². The highest BCUT2D eigenvalue weighted by Crippen LogP contribution is 2.32. The van der Waals surface area contributed by atoms with Crippen LogP contribution in [0.25, 0.3) is 5.52 Å². The molecule has 1 unspecified atom stereocenters. The second-order valence-corrected chi connectivity index (χ2v) is 5.48. The molecule has 3 aromatic rings. The highest BCUT2D eigenvalue weighted by Gasteiger charge is 2.20. The van der Waals surface area contributed by atoms with Crippen molar-refractivity contribution in [2.24, 2.45) is 5.73 Å². The first-order valence-corrected chi connectivity index (χ1v) is 6.93. The SMILES string of the molecule is NC(c1ccc(Br)c(Cl)c1F)c1cnn2ccncc12. The Hall–Kier alpha value is -1.50. The smallest absolute Gasteiger partial charge is 0.148 e. The van der Waals surface area contributed by atoms with Crippen molar-refractivity contribution < 1.29 is 4.39 Å². The summed E-state index contributed by atoms with van der Waals surface area (Å²) >= 11 is 9.07. The maximum absolute atomic E-state index is 14.2. The molecule has 20 heavy (non-hydrogen) atoms. The van der Waals surface area contributed by atoms with Crippen LogP contribution in [0, 0.1) is 5.82 Å². The minimum Gasteiger partial charge on any atom is -0.320 e. The van der Waals surface area contributed by atoms with Crippen LogP contribution in [0.4, 0.5) is 4.39 Å². The van der Waals surface area contributed by atoms with E-state index in [-0.39, 0.29) is 5.02 Å². The average molecular weight is 356 g/mol. The van der Waals surface area contributed by atoms with Crippen LogP contribution in [0.5, 0.6) is 0 Å². The van der Waals surface area contributed by atoms with Crippen molar-refractivity contribution in [1.29, 1.82) is 0 Å². The minimum absolute atomic E-state index is 0.0209. The lowest BCUT2D eigenvalue weighted by molar-refractivity contribution is 0.600. The van der Waals surface area contributed by atoms with E-state index in [1.165, 1.54) is 0 Å². The third kappa shape index (κ3) is 2.09. The molecule has 2 N–H and O–H groups in total. The molecule has 0 aliphatic rings. The molecule has 4 nitrogen and oxygen atoms in total.